The molecule has 78 valence electrons. The molecule has 0 aliphatic heterocycles. The number of anilines is 1. The van der Waals surface area contributed by atoms with Crippen LogP contribution in [-0.2, 0) is 6.42 Å². The van der Waals surface area contributed by atoms with Gasteiger partial charge in [0.05, 0.1) is 10.7 Å². The van der Waals surface area contributed by atoms with Gasteiger partial charge in [-0.1, -0.05) is 0 Å². The van der Waals surface area contributed by atoms with Crippen LogP contribution in [0.5, 0.6) is 0 Å². The second-order valence-corrected chi connectivity index (χ2v) is 4.24. The molecule has 4 heteroatoms. The Balaban J connectivity index is 1.80. The second kappa shape index (κ2) is 4.89. The molecule has 0 aliphatic carbocycles. The van der Waals surface area contributed by atoms with Crippen LogP contribution in [0.4, 0.5) is 5.69 Å². The van der Waals surface area contributed by atoms with Crippen LogP contribution in [0, 0.1) is 6.92 Å². The van der Waals surface area contributed by atoms with Crippen LogP contribution in [0.2, 0.25) is 0 Å². The molecule has 0 atom stereocenters. The fraction of sp³-hybridized carbons (Fsp3) is 0.273. The summed E-state index contributed by atoms with van der Waals surface area (Å²) < 4.78 is 0. The first-order chi connectivity index (χ1) is 7.34. The van der Waals surface area contributed by atoms with E-state index in [1.165, 1.54) is 5.01 Å². The third-order valence-corrected chi connectivity index (χ3v) is 3.02. The van der Waals surface area contributed by atoms with E-state index in [1.807, 2.05) is 25.3 Å². The normalized spacial score (nSPS) is 10.2. The maximum absolute atomic E-state index is 4.40. The monoisotopic (exact) mass is 219 g/mol. The van der Waals surface area contributed by atoms with Crippen molar-refractivity contribution in [3.63, 3.8) is 0 Å². The summed E-state index contributed by atoms with van der Waals surface area (Å²) in [6, 6.07) is 3.94. The lowest BCUT2D eigenvalue weighted by Crippen LogP contribution is -2.04. The van der Waals surface area contributed by atoms with Crippen molar-refractivity contribution < 1.29 is 0 Å². The zero-order valence-electron chi connectivity index (χ0n) is 8.60. The van der Waals surface area contributed by atoms with E-state index in [1.54, 1.807) is 17.5 Å². The minimum absolute atomic E-state index is 0.901. The number of nitrogens with zero attached hydrogens (tertiary/aromatic N) is 2. The van der Waals surface area contributed by atoms with Crippen molar-refractivity contribution >= 4 is 17.0 Å². The Bertz CT molecular complexity index is 411. The number of hydrogen-bond acceptors (Lipinski definition) is 4. The first-order valence-electron chi connectivity index (χ1n) is 4.89. The van der Waals surface area contributed by atoms with Crippen LogP contribution in [-0.4, -0.2) is 16.5 Å². The first-order valence-corrected chi connectivity index (χ1v) is 5.77. The maximum Gasteiger partial charge on any atom is 0.0945 e. The number of pyridine rings is 1. The van der Waals surface area contributed by atoms with Gasteiger partial charge in [-0.15, -0.1) is 11.3 Å². The average molecular weight is 219 g/mol. The van der Waals surface area contributed by atoms with Gasteiger partial charge in [0.2, 0.25) is 0 Å². The van der Waals surface area contributed by atoms with Gasteiger partial charge in [-0.05, 0) is 19.1 Å². The van der Waals surface area contributed by atoms with Gasteiger partial charge in [-0.25, -0.2) is 4.98 Å². The highest BCUT2D eigenvalue weighted by Gasteiger charge is 1.97. The second-order valence-electron chi connectivity index (χ2n) is 3.30. The molecule has 2 rings (SSSR count). The van der Waals surface area contributed by atoms with Gasteiger partial charge in [-0.3, -0.25) is 4.98 Å². The highest BCUT2D eigenvalue weighted by Crippen LogP contribution is 2.09. The van der Waals surface area contributed by atoms with Gasteiger partial charge >= 0.3 is 0 Å². The lowest BCUT2D eigenvalue weighted by molar-refractivity contribution is 0.985. The van der Waals surface area contributed by atoms with E-state index in [0.717, 1.165) is 24.3 Å². The molecule has 2 aromatic heterocycles. The van der Waals surface area contributed by atoms with E-state index >= 15 is 0 Å². The van der Waals surface area contributed by atoms with E-state index in [0.29, 0.717) is 0 Å². The Morgan fingerprint density at radius 1 is 1.47 bits per heavy atom. The Morgan fingerprint density at radius 3 is 3.07 bits per heavy atom. The molecule has 1 N–H and O–H groups in total. The average Bonchev–Trinajstić information content (AvgIpc) is 2.66. The van der Waals surface area contributed by atoms with Crippen molar-refractivity contribution in [2.24, 2.45) is 0 Å². The molecule has 2 heterocycles. The smallest absolute Gasteiger partial charge is 0.0945 e. The molecule has 2 aromatic rings. The highest BCUT2D eigenvalue weighted by atomic mass is 32.1. The highest BCUT2D eigenvalue weighted by molar-refractivity contribution is 7.09. The fourth-order valence-corrected chi connectivity index (χ4v) is 2.07. The summed E-state index contributed by atoms with van der Waals surface area (Å²) in [7, 11) is 0. The number of hydrogen-bond donors (Lipinski definition) is 1. The molecule has 0 bridgehead atoms. The molecule has 0 aliphatic rings. The molecule has 0 amide bonds. The van der Waals surface area contributed by atoms with E-state index in [4.69, 9.17) is 0 Å². The van der Waals surface area contributed by atoms with Crippen LogP contribution in [0.1, 0.15) is 10.7 Å². The summed E-state index contributed by atoms with van der Waals surface area (Å²) in [6.45, 7) is 2.92. The zero-order valence-corrected chi connectivity index (χ0v) is 9.42. The SMILES string of the molecule is Cc1csc(CCNc2cccnc2)n1. The van der Waals surface area contributed by atoms with Gasteiger partial charge < -0.3 is 5.32 Å². The minimum Gasteiger partial charge on any atom is -0.383 e. The van der Waals surface area contributed by atoms with Crippen LogP contribution < -0.4 is 5.32 Å². The summed E-state index contributed by atoms with van der Waals surface area (Å²) >= 11 is 1.72. The van der Waals surface area contributed by atoms with Crippen LogP contribution >= 0.6 is 11.3 Å². The molecule has 0 fully saturated rings. The Labute approximate surface area is 93.2 Å². The van der Waals surface area contributed by atoms with Crippen molar-refractivity contribution in [3.8, 4) is 0 Å². The number of thiazole rings is 1. The zero-order chi connectivity index (χ0) is 10.5. The molecule has 15 heavy (non-hydrogen) atoms. The van der Waals surface area contributed by atoms with Crippen molar-refractivity contribution in [1.82, 2.24) is 9.97 Å². The van der Waals surface area contributed by atoms with Crippen LogP contribution in [0.25, 0.3) is 0 Å². The molecule has 0 spiro atoms. The summed E-state index contributed by atoms with van der Waals surface area (Å²) in [5.41, 5.74) is 2.17. The minimum atomic E-state index is 0.901. The molecule has 0 radical (unpaired) electrons. The number of aromatic nitrogens is 2. The Kier molecular flexibility index (Phi) is 3.29. The quantitative estimate of drug-likeness (QED) is 0.858. The van der Waals surface area contributed by atoms with E-state index in [2.05, 4.69) is 20.7 Å². The van der Waals surface area contributed by atoms with Gasteiger partial charge in [0.1, 0.15) is 0 Å². The summed E-state index contributed by atoms with van der Waals surface area (Å²) in [5, 5.41) is 6.57. The van der Waals surface area contributed by atoms with Crippen molar-refractivity contribution in [1.29, 1.82) is 0 Å². The van der Waals surface area contributed by atoms with Gasteiger partial charge in [0.25, 0.3) is 0 Å². The third kappa shape index (κ3) is 3.02. The number of rotatable bonds is 4. The number of nitrogens with one attached hydrogen (secondary N) is 1. The standard InChI is InChI=1S/C11H13N3S/c1-9-8-15-11(14-9)4-6-13-10-3-2-5-12-7-10/h2-3,5,7-8,13H,4,6H2,1H3. The molecular weight excluding hydrogens is 206 g/mol. The molecule has 0 saturated carbocycles. The van der Waals surface area contributed by atoms with E-state index in [9.17, 15) is 0 Å². The Morgan fingerprint density at radius 2 is 2.40 bits per heavy atom. The van der Waals surface area contributed by atoms with E-state index in [-0.39, 0.29) is 0 Å². The largest absolute Gasteiger partial charge is 0.383 e. The molecule has 0 unspecified atom stereocenters. The fourth-order valence-electron chi connectivity index (χ4n) is 1.30. The molecule has 0 saturated heterocycles. The maximum atomic E-state index is 4.40. The van der Waals surface area contributed by atoms with Crippen molar-refractivity contribution in [3.05, 3.63) is 40.6 Å². The summed E-state index contributed by atoms with van der Waals surface area (Å²) in [4.78, 5) is 8.44. The predicted octanol–water partition coefficient (Wildman–Crippen LogP) is 2.50. The summed E-state index contributed by atoms with van der Waals surface area (Å²) in [6.07, 6.45) is 4.57. The topological polar surface area (TPSA) is 37.8 Å². The van der Waals surface area contributed by atoms with E-state index < -0.39 is 0 Å². The lowest BCUT2D eigenvalue weighted by atomic mass is 10.4. The first kappa shape index (κ1) is 10.1. The van der Waals surface area contributed by atoms with Gasteiger partial charge in [-0.2, -0.15) is 0 Å². The molecular formula is C11H13N3S. The molecule has 3 nitrogen and oxygen atoms in total. The van der Waals surface area contributed by atoms with Gasteiger partial charge in [0, 0.05) is 36.4 Å². The van der Waals surface area contributed by atoms with Gasteiger partial charge in [0.15, 0.2) is 0 Å². The third-order valence-electron chi connectivity index (χ3n) is 2.00. The molecule has 0 aromatic carbocycles. The van der Waals surface area contributed by atoms with Crippen molar-refractivity contribution in [2.45, 2.75) is 13.3 Å². The predicted molar refractivity (Wildman–Crippen MR) is 63.3 cm³/mol. The number of aryl methyl sites for hydroxylation is 1. The Hall–Kier alpha value is -1.42. The van der Waals surface area contributed by atoms with Crippen molar-refractivity contribution in [2.75, 3.05) is 11.9 Å². The van der Waals surface area contributed by atoms with Crippen LogP contribution in [0.3, 0.4) is 0 Å². The van der Waals surface area contributed by atoms with Crippen LogP contribution in [0.15, 0.2) is 29.9 Å². The summed E-state index contributed by atoms with van der Waals surface area (Å²) in [5.74, 6) is 0. The lowest BCUT2D eigenvalue weighted by Gasteiger charge is -2.03.